The van der Waals surface area contributed by atoms with Crippen molar-refractivity contribution in [3.05, 3.63) is 11.6 Å². The Balaban J connectivity index is 4.25. The molecule has 0 heterocycles. The molecule has 0 spiro atoms. The van der Waals surface area contributed by atoms with E-state index in [1.165, 1.54) is 6.08 Å². The van der Waals surface area contributed by atoms with E-state index >= 15 is 0 Å². The molecule has 0 amide bonds. The van der Waals surface area contributed by atoms with E-state index in [1.54, 1.807) is 13.8 Å². The summed E-state index contributed by atoms with van der Waals surface area (Å²) in [6, 6.07) is 0. The highest BCUT2D eigenvalue weighted by Gasteiger charge is 2.08. The van der Waals surface area contributed by atoms with Gasteiger partial charge in [0.2, 0.25) is 0 Å². The summed E-state index contributed by atoms with van der Waals surface area (Å²) in [6.45, 7) is 3.50. The Kier molecular flexibility index (Phi) is 4.04. The quantitative estimate of drug-likeness (QED) is 0.378. The highest BCUT2D eigenvalue weighted by Crippen LogP contribution is 2.04. The second kappa shape index (κ2) is 4.54. The van der Waals surface area contributed by atoms with Crippen molar-refractivity contribution in [3.63, 3.8) is 0 Å². The summed E-state index contributed by atoms with van der Waals surface area (Å²) in [5.41, 5.74) is 0.863. The van der Waals surface area contributed by atoms with Gasteiger partial charge in [-0.3, -0.25) is 0 Å². The van der Waals surface area contributed by atoms with Crippen LogP contribution < -0.4 is 10.2 Å². The van der Waals surface area contributed by atoms with Crippen molar-refractivity contribution in [2.45, 2.75) is 20.3 Å². The van der Waals surface area contributed by atoms with Crippen molar-refractivity contribution in [2.75, 3.05) is 0 Å². The molecular formula is C8H10O4-2. The van der Waals surface area contributed by atoms with E-state index in [-0.39, 0.29) is 6.42 Å². The molecule has 0 bridgehead atoms. The molecule has 0 atom stereocenters. The molecule has 0 N–H and O–H groups in total. The van der Waals surface area contributed by atoms with Gasteiger partial charge in [-0.2, -0.15) is 0 Å². The van der Waals surface area contributed by atoms with E-state index in [9.17, 15) is 19.8 Å². The Morgan fingerprint density at radius 3 is 1.92 bits per heavy atom. The van der Waals surface area contributed by atoms with Crippen molar-refractivity contribution < 1.29 is 19.8 Å². The average Bonchev–Trinajstić information content (AvgIpc) is 1.84. The predicted octanol–water partition coefficient (Wildman–Crippen LogP) is -1.54. The number of allylic oxidation sites excluding steroid dienone is 2. The lowest BCUT2D eigenvalue weighted by atomic mass is 10.1. The second-order valence-corrected chi connectivity index (χ2v) is 2.71. The topological polar surface area (TPSA) is 80.3 Å². The van der Waals surface area contributed by atoms with Crippen LogP contribution in [0.3, 0.4) is 0 Å². The van der Waals surface area contributed by atoms with Gasteiger partial charge in [-0.05, 0) is 20.3 Å². The molecular weight excluding hydrogens is 160 g/mol. The van der Waals surface area contributed by atoms with Crippen molar-refractivity contribution in [1.82, 2.24) is 0 Å². The molecule has 0 unspecified atom stereocenters. The third kappa shape index (κ3) is 3.75. The van der Waals surface area contributed by atoms with Gasteiger partial charge < -0.3 is 19.8 Å². The van der Waals surface area contributed by atoms with Gasteiger partial charge in [0.1, 0.15) is 0 Å². The molecule has 68 valence electrons. The zero-order chi connectivity index (χ0) is 9.72. The molecule has 4 heteroatoms. The number of carbonyl (C=O) groups excluding carboxylic acids is 2. The predicted molar refractivity (Wildman–Crippen MR) is 37.6 cm³/mol. The Labute approximate surface area is 70.5 Å². The molecule has 0 rings (SSSR count). The lowest BCUT2D eigenvalue weighted by molar-refractivity contribution is -0.331. The van der Waals surface area contributed by atoms with Gasteiger partial charge >= 0.3 is 0 Å². The van der Waals surface area contributed by atoms with Gasteiger partial charge in [0.05, 0.1) is 11.9 Å². The normalized spacial score (nSPS) is 9.58. The number of aliphatic carboxylic acids is 2. The number of carbonyl (C=O) groups is 2. The highest BCUT2D eigenvalue weighted by atomic mass is 16.4. The first-order valence-corrected chi connectivity index (χ1v) is 3.50. The summed E-state index contributed by atoms with van der Waals surface area (Å²) >= 11 is 0. The molecule has 0 saturated carbocycles. The van der Waals surface area contributed by atoms with Gasteiger partial charge in [0.25, 0.3) is 0 Å². The largest absolute Gasteiger partial charge is 0.549 e. The van der Waals surface area contributed by atoms with Crippen LogP contribution >= 0.6 is 0 Å². The molecule has 0 aromatic heterocycles. The zero-order valence-corrected chi connectivity index (χ0v) is 6.99. The molecule has 0 aliphatic rings. The molecule has 0 aliphatic heterocycles. The summed E-state index contributed by atoms with van der Waals surface area (Å²) in [6.07, 6.45) is 1.45. The fraction of sp³-hybridized carbons (Fsp3) is 0.500. The summed E-state index contributed by atoms with van der Waals surface area (Å²) < 4.78 is 0. The SMILES string of the molecule is CC(C)=CCC(C(=O)[O-])C(=O)[O-]. The summed E-state index contributed by atoms with van der Waals surface area (Å²) in [5, 5.41) is 20.4. The van der Waals surface area contributed by atoms with Gasteiger partial charge in [0, 0.05) is 5.92 Å². The van der Waals surface area contributed by atoms with Gasteiger partial charge in [-0.15, -0.1) is 0 Å². The van der Waals surface area contributed by atoms with Crippen LogP contribution in [-0.4, -0.2) is 11.9 Å². The Morgan fingerprint density at radius 2 is 1.67 bits per heavy atom. The Morgan fingerprint density at radius 1 is 1.25 bits per heavy atom. The monoisotopic (exact) mass is 170 g/mol. The fourth-order valence-electron chi connectivity index (χ4n) is 0.642. The van der Waals surface area contributed by atoms with E-state index in [4.69, 9.17) is 0 Å². The standard InChI is InChI=1S/C8H12O4/c1-5(2)3-4-6(7(9)10)8(11)12/h3,6H,4H2,1-2H3,(H,9,10)(H,11,12)/p-2. The van der Waals surface area contributed by atoms with Crippen molar-refractivity contribution in [3.8, 4) is 0 Å². The number of carboxylic acid groups (broad SMARTS) is 2. The second-order valence-electron chi connectivity index (χ2n) is 2.71. The first-order chi connectivity index (χ1) is 5.45. The van der Waals surface area contributed by atoms with Crippen LogP contribution in [-0.2, 0) is 9.59 Å². The molecule has 0 saturated heterocycles. The smallest absolute Gasteiger partial charge is 0.0504 e. The van der Waals surface area contributed by atoms with Gasteiger partial charge in [-0.25, -0.2) is 0 Å². The fourth-order valence-corrected chi connectivity index (χ4v) is 0.642. The van der Waals surface area contributed by atoms with E-state index < -0.39 is 17.9 Å². The highest BCUT2D eigenvalue weighted by molar-refractivity contribution is 5.90. The van der Waals surface area contributed by atoms with Gasteiger partial charge in [-0.1, -0.05) is 11.6 Å². The number of hydrogen-bond donors (Lipinski definition) is 0. The first-order valence-electron chi connectivity index (χ1n) is 3.50. The maximum atomic E-state index is 10.2. The number of carboxylic acids is 2. The minimum absolute atomic E-state index is 0.0764. The van der Waals surface area contributed by atoms with E-state index in [1.807, 2.05) is 0 Å². The minimum atomic E-state index is -1.60. The average molecular weight is 170 g/mol. The van der Waals surface area contributed by atoms with Crippen LogP contribution in [0.1, 0.15) is 20.3 Å². The number of rotatable bonds is 4. The molecule has 0 aromatic carbocycles. The van der Waals surface area contributed by atoms with Crippen LogP contribution in [0.2, 0.25) is 0 Å². The van der Waals surface area contributed by atoms with Crippen LogP contribution in [0.25, 0.3) is 0 Å². The van der Waals surface area contributed by atoms with Gasteiger partial charge in [0.15, 0.2) is 0 Å². The van der Waals surface area contributed by atoms with E-state index in [0.29, 0.717) is 0 Å². The van der Waals surface area contributed by atoms with Crippen molar-refractivity contribution >= 4 is 11.9 Å². The lowest BCUT2D eigenvalue weighted by Gasteiger charge is -2.16. The molecule has 0 aromatic rings. The number of hydrogen-bond acceptors (Lipinski definition) is 4. The third-order valence-corrected chi connectivity index (χ3v) is 1.33. The summed E-state index contributed by atoms with van der Waals surface area (Å²) in [7, 11) is 0. The summed E-state index contributed by atoms with van der Waals surface area (Å²) in [5.74, 6) is -4.75. The van der Waals surface area contributed by atoms with E-state index in [2.05, 4.69) is 0 Å². The maximum absolute atomic E-state index is 10.2. The summed E-state index contributed by atoms with van der Waals surface area (Å²) in [4.78, 5) is 20.4. The lowest BCUT2D eigenvalue weighted by Crippen LogP contribution is -2.43. The zero-order valence-electron chi connectivity index (χ0n) is 6.99. The van der Waals surface area contributed by atoms with Crippen molar-refractivity contribution in [1.29, 1.82) is 0 Å². The minimum Gasteiger partial charge on any atom is -0.549 e. The molecule has 4 nitrogen and oxygen atoms in total. The molecule has 12 heavy (non-hydrogen) atoms. The molecule has 0 aliphatic carbocycles. The van der Waals surface area contributed by atoms with Crippen LogP contribution in [0.4, 0.5) is 0 Å². The molecule has 0 radical (unpaired) electrons. The molecule has 0 fully saturated rings. The van der Waals surface area contributed by atoms with Crippen molar-refractivity contribution in [2.24, 2.45) is 5.92 Å². The van der Waals surface area contributed by atoms with Crippen LogP contribution in [0.15, 0.2) is 11.6 Å². The Bertz CT molecular complexity index is 199. The maximum Gasteiger partial charge on any atom is 0.0504 e. The van der Waals surface area contributed by atoms with Crippen LogP contribution in [0.5, 0.6) is 0 Å². The third-order valence-electron chi connectivity index (χ3n) is 1.33. The first kappa shape index (κ1) is 10.7. The Hall–Kier alpha value is -1.32. The van der Waals surface area contributed by atoms with E-state index in [0.717, 1.165) is 5.57 Å². The van der Waals surface area contributed by atoms with Crippen LogP contribution in [0, 0.1) is 5.92 Å².